The summed E-state index contributed by atoms with van der Waals surface area (Å²) in [5.41, 5.74) is 2.46. The van der Waals surface area contributed by atoms with E-state index < -0.39 is 11.8 Å². The molecule has 110 valence electrons. The Bertz CT molecular complexity index is 724. The summed E-state index contributed by atoms with van der Waals surface area (Å²) in [6.45, 7) is 4.31. The molecule has 4 heteroatoms. The molecule has 0 saturated heterocycles. The van der Waals surface area contributed by atoms with Gasteiger partial charge in [0, 0.05) is 11.1 Å². The number of benzene rings is 1. The number of nitrogens with zero attached hydrogens (tertiary/aromatic N) is 1. The molecule has 1 atom stereocenters. The first-order valence-electron chi connectivity index (χ1n) is 7.31. The fraction of sp³-hybridized carbons (Fsp3) is 0.412. The van der Waals surface area contributed by atoms with Crippen LogP contribution in [0.4, 0.5) is 4.39 Å². The van der Waals surface area contributed by atoms with Gasteiger partial charge in [-0.05, 0) is 54.9 Å². The molecule has 3 nitrogen and oxygen atoms in total. The van der Waals surface area contributed by atoms with E-state index in [0.717, 1.165) is 24.1 Å². The van der Waals surface area contributed by atoms with Gasteiger partial charge in [-0.25, -0.2) is 9.18 Å². The Morgan fingerprint density at radius 3 is 2.86 bits per heavy atom. The van der Waals surface area contributed by atoms with E-state index in [4.69, 9.17) is 0 Å². The number of fused-ring (bicyclic) bond motifs is 2. The van der Waals surface area contributed by atoms with Gasteiger partial charge in [-0.1, -0.05) is 13.8 Å². The molecule has 0 saturated carbocycles. The summed E-state index contributed by atoms with van der Waals surface area (Å²) >= 11 is 0. The third kappa shape index (κ3) is 2.39. The third-order valence-corrected chi connectivity index (χ3v) is 4.51. The number of carboxylic acid groups (broad SMARTS) is 1. The van der Waals surface area contributed by atoms with Gasteiger partial charge in [0.15, 0.2) is 0 Å². The SMILES string of the molecule is CC(C)C1CCc2nc3ccc(F)cc3c(C(=O)O)c2C1. The van der Waals surface area contributed by atoms with Crippen LogP contribution in [-0.2, 0) is 12.8 Å². The number of rotatable bonds is 2. The first-order chi connectivity index (χ1) is 9.97. The quantitative estimate of drug-likeness (QED) is 0.913. The summed E-state index contributed by atoms with van der Waals surface area (Å²) in [6, 6.07) is 4.17. The molecule has 1 aromatic carbocycles. The van der Waals surface area contributed by atoms with Crippen LogP contribution in [0, 0.1) is 17.7 Å². The van der Waals surface area contributed by atoms with Crippen molar-refractivity contribution in [3.05, 3.63) is 40.8 Å². The number of hydrogen-bond donors (Lipinski definition) is 1. The van der Waals surface area contributed by atoms with Crippen molar-refractivity contribution in [3.63, 3.8) is 0 Å². The average Bonchev–Trinajstić information content (AvgIpc) is 2.43. The van der Waals surface area contributed by atoms with Crippen molar-refractivity contribution in [2.45, 2.75) is 33.1 Å². The maximum atomic E-state index is 13.5. The number of hydrogen-bond acceptors (Lipinski definition) is 2. The second-order valence-electron chi connectivity index (χ2n) is 6.13. The predicted octanol–water partition coefficient (Wildman–Crippen LogP) is 3.83. The lowest BCUT2D eigenvalue weighted by molar-refractivity contribution is 0.0696. The molecule has 0 bridgehead atoms. The number of pyridine rings is 1. The van der Waals surface area contributed by atoms with Gasteiger partial charge >= 0.3 is 5.97 Å². The van der Waals surface area contributed by atoms with Crippen LogP contribution in [-0.4, -0.2) is 16.1 Å². The van der Waals surface area contributed by atoms with Crippen molar-refractivity contribution in [1.29, 1.82) is 0 Å². The maximum Gasteiger partial charge on any atom is 0.336 e. The highest BCUT2D eigenvalue weighted by Crippen LogP contribution is 2.34. The molecule has 0 aliphatic heterocycles. The van der Waals surface area contributed by atoms with E-state index in [1.165, 1.54) is 12.1 Å². The summed E-state index contributed by atoms with van der Waals surface area (Å²) in [4.78, 5) is 16.3. The molecule has 1 N–H and O–H groups in total. The van der Waals surface area contributed by atoms with Crippen LogP contribution >= 0.6 is 0 Å². The van der Waals surface area contributed by atoms with E-state index in [2.05, 4.69) is 18.8 Å². The van der Waals surface area contributed by atoms with Gasteiger partial charge in [0.2, 0.25) is 0 Å². The summed E-state index contributed by atoms with van der Waals surface area (Å²) < 4.78 is 13.5. The zero-order chi connectivity index (χ0) is 15.1. The van der Waals surface area contributed by atoms with Crippen molar-refractivity contribution >= 4 is 16.9 Å². The van der Waals surface area contributed by atoms with Crippen LogP contribution in [0.1, 0.15) is 41.9 Å². The van der Waals surface area contributed by atoms with E-state index in [0.29, 0.717) is 29.2 Å². The highest BCUT2D eigenvalue weighted by atomic mass is 19.1. The largest absolute Gasteiger partial charge is 0.478 e. The van der Waals surface area contributed by atoms with E-state index in [-0.39, 0.29) is 5.56 Å². The number of carboxylic acids is 1. The van der Waals surface area contributed by atoms with Gasteiger partial charge in [0.1, 0.15) is 5.82 Å². The molecule has 1 aliphatic carbocycles. The highest BCUT2D eigenvalue weighted by molar-refractivity contribution is 6.04. The smallest absolute Gasteiger partial charge is 0.336 e. The fourth-order valence-corrected chi connectivity index (χ4v) is 3.25. The standard InChI is InChI=1S/C17H18FNO2/c1-9(2)10-3-5-14-12(7-10)16(17(20)21)13-8-11(18)4-6-15(13)19-14/h4,6,8-10H,3,5,7H2,1-2H3,(H,20,21). The van der Waals surface area contributed by atoms with Crippen molar-refractivity contribution in [1.82, 2.24) is 4.98 Å². The Balaban J connectivity index is 2.26. The number of carbonyl (C=O) groups is 1. The Labute approximate surface area is 122 Å². The zero-order valence-corrected chi connectivity index (χ0v) is 12.2. The van der Waals surface area contributed by atoms with Gasteiger partial charge in [0.05, 0.1) is 11.1 Å². The van der Waals surface area contributed by atoms with Crippen LogP contribution in [0.15, 0.2) is 18.2 Å². The monoisotopic (exact) mass is 287 g/mol. The third-order valence-electron chi connectivity index (χ3n) is 4.51. The van der Waals surface area contributed by atoms with Crippen molar-refractivity contribution in [2.75, 3.05) is 0 Å². The van der Waals surface area contributed by atoms with Gasteiger partial charge in [-0.2, -0.15) is 0 Å². The minimum absolute atomic E-state index is 0.236. The normalized spacial score (nSPS) is 18.0. The zero-order valence-electron chi connectivity index (χ0n) is 12.2. The minimum Gasteiger partial charge on any atom is -0.478 e. The van der Waals surface area contributed by atoms with E-state index in [1.54, 1.807) is 6.07 Å². The number of aryl methyl sites for hydroxylation is 1. The van der Waals surface area contributed by atoms with Crippen LogP contribution in [0.5, 0.6) is 0 Å². The predicted molar refractivity (Wildman–Crippen MR) is 79.0 cm³/mol. The van der Waals surface area contributed by atoms with E-state index in [9.17, 15) is 14.3 Å². The number of aromatic nitrogens is 1. The van der Waals surface area contributed by atoms with Gasteiger partial charge in [0.25, 0.3) is 0 Å². The maximum absolute atomic E-state index is 13.5. The fourth-order valence-electron chi connectivity index (χ4n) is 3.25. The van der Waals surface area contributed by atoms with Crippen molar-refractivity contribution in [3.8, 4) is 0 Å². The molecule has 1 aliphatic rings. The number of aromatic carboxylic acids is 1. The van der Waals surface area contributed by atoms with Gasteiger partial charge < -0.3 is 5.11 Å². The lowest BCUT2D eigenvalue weighted by atomic mass is 9.78. The van der Waals surface area contributed by atoms with E-state index >= 15 is 0 Å². The molecule has 0 spiro atoms. The summed E-state index contributed by atoms with van der Waals surface area (Å²) in [6.07, 6.45) is 2.54. The Morgan fingerprint density at radius 2 is 2.19 bits per heavy atom. The van der Waals surface area contributed by atoms with Crippen molar-refractivity contribution in [2.24, 2.45) is 11.8 Å². The molecule has 3 rings (SSSR count). The average molecular weight is 287 g/mol. The second kappa shape index (κ2) is 5.10. The van der Waals surface area contributed by atoms with Crippen LogP contribution in [0.3, 0.4) is 0 Å². The molecule has 1 heterocycles. The molecule has 2 aromatic rings. The molecule has 0 radical (unpaired) electrons. The molecular formula is C17H18FNO2. The lowest BCUT2D eigenvalue weighted by Crippen LogP contribution is -2.23. The first kappa shape index (κ1) is 14.0. The van der Waals surface area contributed by atoms with Gasteiger partial charge in [-0.15, -0.1) is 0 Å². The summed E-state index contributed by atoms with van der Waals surface area (Å²) in [5, 5.41) is 10.0. The Morgan fingerprint density at radius 1 is 1.43 bits per heavy atom. The van der Waals surface area contributed by atoms with Crippen LogP contribution in [0.2, 0.25) is 0 Å². The molecule has 1 aromatic heterocycles. The van der Waals surface area contributed by atoms with E-state index in [1.807, 2.05) is 0 Å². The number of halogens is 1. The topological polar surface area (TPSA) is 50.2 Å². The summed E-state index contributed by atoms with van der Waals surface area (Å²) in [7, 11) is 0. The minimum atomic E-state index is -0.992. The van der Waals surface area contributed by atoms with Crippen molar-refractivity contribution < 1.29 is 14.3 Å². The van der Waals surface area contributed by atoms with Gasteiger partial charge in [-0.3, -0.25) is 4.98 Å². The molecule has 1 unspecified atom stereocenters. The van der Waals surface area contributed by atoms with Crippen LogP contribution < -0.4 is 0 Å². The first-order valence-corrected chi connectivity index (χ1v) is 7.31. The molecular weight excluding hydrogens is 269 g/mol. The second-order valence-corrected chi connectivity index (χ2v) is 6.13. The lowest BCUT2D eigenvalue weighted by Gasteiger charge is -2.28. The molecule has 0 fully saturated rings. The Hall–Kier alpha value is -1.97. The Kier molecular flexibility index (Phi) is 3.40. The van der Waals surface area contributed by atoms with Crippen LogP contribution in [0.25, 0.3) is 10.9 Å². The summed E-state index contributed by atoms with van der Waals surface area (Å²) in [5.74, 6) is -0.456. The highest BCUT2D eigenvalue weighted by Gasteiger charge is 2.28. The molecule has 21 heavy (non-hydrogen) atoms. The molecule has 0 amide bonds.